The standard InChI is InChI=1S/C10H21N3O2/c1-2-4-9(10(14)12-11)13-5-3-7-15-8-6-13/h9H,2-8,11H2,1H3,(H,12,14). The van der Waals surface area contributed by atoms with Crippen LogP contribution in [0.3, 0.4) is 0 Å². The number of hydrogen-bond donors (Lipinski definition) is 2. The van der Waals surface area contributed by atoms with Crippen molar-refractivity contribution in [3.63, 3.8) is 0 Å². The van der Waals surface area contributed by atoms with Crippen LogP contribution in [0.4, 0.5) is 0 Å². The molecule has 0 aromatic carbocycles. The minimum Gasteiger partial charge on any atom is -0.380 e. The second-order valence-corrected chi connectivity index (χ2v) is 3.81. The Hall–Kier alpha value is -0.650. The van der Waals surface area contributed by atoms with Crippen molar-refractivity contribution in [2.24, 2.45) is 5.84 Å². The molecule has 0 aromatic rings. The van der Waals surface area contributed by atoms with Gasteiger partial charge in [-0.05, 0) is 12.8 Å². The van der Waals surface area contributed by atoms with Crippen molar-refractivity contribution >= 4 is 5.91 Å². The lowest BCUT2D eigenvalue weighted by atomic mass is 10.1. The minimum atomic E-state index is -0.0956. The first-order valence-corrected chi connectivity index (χ1v) is 5.61. The Bertz CT molecular complexity index is 191. The third-order valence-electron chi connectivity index (χ3n) is 2.70. The number of hydrogen-bond acceptors (Lipinski definition) is 4. The number of carbonyl (C=O) groups is 1. The Morgan fingerprint density at radius 2 is 2.33 bits per heavy atom. The summed E-state index contributed by atoms with van der Waals surface area (Å²) in [5.41, 5.74) is 2.25. The molecule has 1 amide bonds. The summed E-state index contributed by atoms with van der Waals surface area (Å²) >= 11 is 0. The van der Waals surface area contributed by atoms with E-state index in [4.69, 9.17) is 10.6 Å². The number of nitrogens with one attached hydrogen (secondary N) is 1. The highest BCUT2D eigenvalue weighted by Gasteiger charge is 2.24. The van der Waals surface area contributed by atoms with E-state index in [1.165, 1.54) is 0 Å². The van der Waals surface area contributed by atoms with Gasteiger partial charge in [0.15, 0.2) is 0 Å². The normalized spacial score (nSPS) is 20.7. The monoisotopic (exact) mass is 215 g/mol. The molecule has 1 rings (SSSR count). The summed E-state index contributed by atoms with van der Waals surface area (Å²) in [7, 11) is 0. The number of rotatable bonds is 4. The Morgan fingerprint density at radius 3 is 3.00 bits per heavy atom. The summed E-state index contributed by atoms with van der Waals surface area (Å²) in [5.74, 6) is 5.11. The van der Waals surface area contributed by atoms with Gasteiger partial charge in [0.1, 0.15) is 0 Å². The van der Waals surface area contributed by atoms with Crippen molar-refractivity contribution in [1.82, 2.24) is 10.3 Å². The van der Waals surface area contributed by atoms with Crippen LogP contribution in [0.15, 0.2) is 0 Å². The van der Waals surface area contributed by atoms with E-state index in [1.807, 2.05) is 0 Å². The first kappa shape index (κ1) is 12.4. The molecule has 0 bridgehead atoms. The average Bonchev–Trinajstić information content (AvgIpc) is 2.53. The van der Waals surface area contributed by atoms with Crippen LogP contribution in [0, 0.1) is 0 Å². The minimum absolute atomic E-state index is 0.0845. The Balaban J connectivity index is 2.55. The molecule has 1 aliphatic heterocycles. The molecule has 15 heavy (non-hydrogen) atoms. The molecular formula is C10H21N3O2. The van der Waals surface area contributed by atoms with Crippen molar-refractivity contribution in [3.8, 4) is 0 Å². The first-order chi connectivity index (χ1) is 7.29. The fraction of sp³-hybridized carbons (Fsp3) is 0.900. The van der Waals surface area contributed by atoms with Gasteiger partial charge in [-0.15, -0.1) is 0 Å². The summed E-state index contributed by atoms with van der Waals surface area (Å²) in [5, 5.41) is 0. The molecule has 1 saturated heterocycles. The van der Waals surface area contributed by atoms with E-state index >= 15 is 0 Å². The van der Waals surface area contributed by atoms with Crippen LogP contribution in [0.25, 0.3) is 0 Å². The Morgan fingerprint density at radius 1 is 1.53 bits per heavy atom. The third-order valence-corrected chi connectivity index (χ3v) is 2.70. The van der Waals surface area contributed by atoms with Crippen LogP contribution in [0.5, 0.6) is 0 Å². The number of nitrogens with two attached hydrogens (primary N) is 1. The summed E-state index contributed by atoms with van der Waals surface area (Å²) in [4.78, 5) is 13.8. The molecule has 0 aliphatic carbocycles. The third kappa shape index (κ3) is 3.77. The van der Waals surface area contributed by atoms with E-state index in [9.17, 15) is 4.79 Å². The predicted molar refractivity (Wildman–Crippen MR) is 58.0 cm³/mol. The first-order valence-electron chi connectivity index (χ1n) is 5.61. The molecule has 88 valence electrons. The van der Waals surface area contributed by atoms with Gasteiger partial charge in [0.25, 0.3) is 5.91 Å². The fourth-order valence-electron chi connectivity index (χ4n) is 1.93. The van der Waals surface area contributed by atoms with Gasteiger partial charge in [-0.3, -0.25) is 15.1 Å². The largest absolute Gasteiger partial charge is 0.380 e. The van der Waals surface area contributed by atoms with Gasteiger partial charge in [-0.25, -0.2) is 5.84 Å². The second-order valence-electron chi connectivity index (χ2n) is 3.81. The molecule has 0 saturated carbocycles. The number of carbonyl (C=O) groups excluding carboxylic acids is 1. The van der Waals surface area contributed by atoms with E-state index in [2.05, 4.69) is 17.2 Å². The van der Waals surface area contributed by atoms with Gasteiger partial charge < -0.3 is 4.74 Å². The molecule has 5 nitrogen and oxygen atoms in total. The molecule has 3 N–H and O–H groups in total. The lowest BCUT2D eigenvalue weighted by Crippen LogP contribution is -2.49. The molecular weight excluding hydrogens is 194 g/mol. The average molecular weight is 215 g/mol. The molecule has 1 fully saturated rings. The van der Waals surface area contributed by atoms with E-state index in [1.54, 1.807) is 0 Å². The zero-order valence-electron chi connectivity index (χ0n) is 9.37. The molecule has 0 aromatic heterocycles. The van der Waals surface area contributed by atoms with E-state index in [0.717, 1.165) is 39.0 Å². The van der Waals surface area contributed by atoms with E-state index in [-0.39, 0.29) is 11.9 Å². The van der Waals surface area contributed by atoms with Gasteiger partial charge in [-0.1, -0.05) is 13.3 Å². The number of hydrazine groups is 1. The van der Waals surface area contributed by atoms with Crippen LogP contribution in [-0.4, -0.2) is 43.2 Å². The summed E-state index contributed by atoms with van der Waals surface area (Å²) in [6.07, 6.45) is 2.82. The van der Waals surface area contributed by atoms with Crippen LogP contribution < -0.4 is 11.3 Å². The van der Waals surface area contributed by atoms with Crippen molar-refractivity contribution < 1.29 is 9.53 Å². The molecule has 1 aliphatic rings. The molecule has 0 radical (unpaired) electrons. The van der Waals surface area contributed by atoms with Crippen LogP contribution >= 0.6 is 0 Å². The van der Waals surface area contributed by atoms with Crippen molar-refractivity contribution in [3.05, 3.63) is 0 Å². The highest BCUT2D eigenvalue weighted by molar-refractivity contribution is 5.81. The maximum absolute atomic E-state index is 11.6. The Kier molecular flexibility index (Phi) is 5.60. The van der Waals surface area contributed by atoms with Crippen LogP contribution in [-0.2, 0) is 9.53 Å². The van der Waals surface area contributed by atoms with Gasteiger partial charge in [-0.2, -0.15) is 0 Å². The van der Waals surface area contributed by atoms with Crippen LogP contribution in [0.1, 0.15) is 26.2 Å². The smallest absolute Gasteiger partial charge is 0.251 e. The summed E-state index contributed by atoms with van der Waals surface area (Å²) in [6.45, 7) is 5.30. The fourth-order valence-corrected chi connectivity index (χ4v) is 1.93. The highest BCUT2D eigenvalue weighted by atomic mass is 16.5. The number of nitrogens with zero attached hydrogens (tertiary/aromatic N) is 1. The SMILES string of the molecule is CCCC(C(=O)NN)N1CCCOCC1. The lowest BCUT2D eigenvalue weighted by molar-refractivity contribution is -0.126. The molecule has 0 spiro atoms. The maximum atomic E-state index is 11.6. The zero-order valence-corrected chi connectivity index (χ0v) is 9.37. The van der Waals surface area contributed by atoms with E-state index in [0.29, 0.717) is 6.61 Å². The predicted octanol–water partition coefficient (Wildman–Crippen LogP) is -0.133. The van der Waals surface area contributed by atoms with E-state index < -0.39 is 0 Å². The summed E-state index contributed by atoms with van der Waals surface area (Å²) in [6, 6.07) is -0.0956. The summed E-state index contributed by atoms with van der Waals surface area (Å²) < 4.78 is 5.36. The number of amides is 1. The topological polar surface area (TPSA) is 67.6 Å². The van der Waals surface area contributed by atoms with Crippen molar-refractivity contribution in [2.75, 3.05) is 26.3 Å². The Labute approximate surface area is 90.9 Å². The molecule has 1 unspecified atom stereocenters. The highest BCUT2D eigenvalue weighted by Crippen LogP contribution is 2.10. The van der Waals surface area contributed by atoms with Crippen molar-refractivity contribution in [2.45, 2.75) is 32.2 Å². The zero-order chi connectivity index (χ0) is 11.1. The molecule has 1 heterocycles. The van der Waals surface area contributed by atoms with Gasteiger partial charge in [0, 0.05) is 19.7 Å². The molecule has 5 heteroatoms. The second kappa shape index (κ2) is 6.76. The lowest BCUT2D eigenvalue weighted by Gasteiger charge is -2.28. The van der Waals surface area contributed by atoms with Crippen molar-refractivity contribution in [1.29, 1.82) is 0 Å². The number of ether oxygens (including phenoxy) is 1. The maximum Gasteiger partial charge on any atom is 0.251 e. The van der Waals surface area contributed by atoms with Crippen LogP contribution in [0.2, 0.25) is 0 Å². The van der Waals surface area contributed by atoms with Gasteiger partial charge in [0.2, 0.25) is 0 Å². The van der Waals surface area contributed by atoms with Gasteiger partial charge >= 0.3 is 0 Å². The molecule has 1 atom stereocenters. The quantitative estimate of drug-likeness (QED) is 0.389. The van der Waals surface area contributed by atoms with Gasteiger partial charge in [0.05, 0.1) is 12.6 Å².